The number of sulfonamides is 1. The number of nitrogens with one attached hydrogen (secondary N) is 1. The molecule has 1 aromatic heterocycles. The predicted octanol–water partition coefficient (Wildman–Crippen LogP) is 2.57. The van der Waals surface area contributed by atoms with Crippen molar-refractivity contribution in [2.24, 2.45) is 0 Å². The maximum Gasteiger partial charge on any atom is 0.266 e. The van der Waals surface area contributed by atoms with Gasteiger partial charge in [0.25, 0.3) is 10.0 Å². The first-order valence-electron chi connectivity index (χ1n) is 4.68. The van der Waals surface area contributed by atoms with E-state index in [1.165, 1.54) is 6.20 Å². The van der Waals surface area contributed by atoms with Gasteiger partial charge in [-0.2, -0.15) is 0 Å². The normalized spacial score (nSPS) is 11.5. The summed E-state index contributed by atoms with van der Waals surface area (Å²) in [6.07, 6.45) is 1.39. The second kappa shape index (κ2) is 5.02. The van der Waals surface area contributed by atoms with Crippen LogP contribution in [0.2, 0.25) is 0 Å². The Kier molecular flexibility index (Phi) is 3.74. The topological polar surface area (TPSA) is 85.1 Å². The van der Waals surface area contributed by atoms with Gasteiger partial charge in [0.05, 0.1) is 15.7 Å². The third-order valence-corrected chi connectivity index (χ3v) is 4.91. The Morgan fingerprint density at radius 2 is 2.00 bits per heavy atom. The first-order valence-corrected chi connectivity index (χ1v) is 7.77. The molecule has 102 valence electrons. The summed E-state index contributed by atoms with van der Waals surface area (Å²) in [4.78, 5) is 3.01. The average molecular weight is 370 g/mol. The highest BCUT2D eigenvalue weighted by Gasteiger charge is 2.22. The zero-order chi connectivity index (χ0) is 14.2. The molecule has 0 saturated carbocycles. The first kappa shape index (κ1) is 14.2. The van der Waals surface area contributed by atoms with E-state index in [0.29, 0.717) is 9.85 Å². The summed E-state index contributed by atoms with van der Waals surface area (Å²) in [6.45, 7) is 0. The van der Waals surface area contributed by atoms with Gasteiger partial charge in [-0.25, -0.2) is 22.2 Å². The largest absolute Gasteiger partial charge is 0.396 e. The van der Waals surface area contributed by atoms with Crippen molar-refractivity contribution in [1.82, 2.24) is 4.98 Å². The number of aromatic nitrogens is 1. The van der Waals surface area contributed by atoms with Gasteiger partial charge in [0.2, 0.25) is 0 Å². The molecule has 5 nitrogen and oxygen atoms in total. The van der Waals surface area contributed by atoms with Crippen molar-refractivity contribution in [3.8, 4) is 0 Å². The minimum Gasteiger partial charge on any atom is -0.396 e. The minimum absolute atomic E-state index is 0.0502. The van der Waals surface area contributed by atoms with Crippen LogP contribution in [0.1, 0.15) is 0 Å². The highest BCUT2D eigenvalue weighted by Crippen LogP contribution is 2.27. The van der Waals surface area contributed by atoms with Gasteiger partial charge in [0.1, 0.15) is 16.5 Å². The summed E-state index contributed by atoms with van der Waals surface area (Å²) in [6, 6.07) is 1.14. The van der Waals surface area contributed by atoms with Gasteiger partial charge < -0.3 is 5.73 Å². The highest BCUT2D eigenvalue weighted by atomic mass is 79.9. The van der Waals surface area contributed by atoms with Gasteiger partial charge in [-0.3, -0.25) is 4.72 Å². The van der Waals surface area contributed by atoms with Crippen LogP contribution in [0.3, 0.4) is 0 Å². The molecule has 0 saturated heterocycles. The molecule has 2 rings (SSSR count). The second-order valence-electron chi connectivity index (χ2n) is 3.38. The van der Waals surface area contributed by atoms with Gasteiger partial charge in [0.15, 0.2) is 5.13 Å². The Balaban J connectivity index is 2.42. The van der Waals surface area contributed by atoms with Gasteiger partial charge >= 0.3 is 0 Å². The maximum atomic E-state index is 13.5. The molecule has 0 spiro atoms. The predicted molar refractivity (Wildman–Crippen MR) is 71.4 cm³/mol. The van der Waals surface area contributed by atoms with Crippen LogP contribution < -0.4 is 10.5 Å². The fraction of sp³-hybridized carbons (Fsp3) is 0. The van der Waals surface area contributed by atoms with Crippen LogP contribution in [-0.4, -0.2) is 13.4 Å². The Morgan fingerprint density at radius 1 is 1.32 bits per heavy atom. The molecule has 10 heteroatoms. The molecule has 0 aliphatic carbocycles. The minimum atomic E-state index is -4.21. The van der Waals surface area contributed by atoms with Crippen LogP contribution >= 0.6 is 27.3 Å². The lowest BCUT2D eigenvalue weighted by Crippen LogP contribution is -2.15. The van der Waals surface area contributed by atoms with E-state index >= 15 is 0 Å². The molecule has 1 aromatic carbocycles. The van der Waals surface area contributed by atoms with Crippen LogP contribution in [0.15, 0.2) is 27.0 Å². The molecule has 2 aromatic rings. The molecule has 0 atom stereocenters. The SMILES string of the molecule is Nc1cc(S(=O)(=O)Nc2ncc(Br)s2)c(F)cc1F. The molecule has 0 radical (unpaired) electrons. The average Bonchev–Trinajstić information content (AvgIpc) is 2.68. The Labute approximate surface area is 119 Å². The lowest BCUT2D eigenvalue weighted by atomic mass is 10.3. The summed E-state index contributed by atoms with van der Waals surface area (Å²) in [7, 11) is -4.21. The van der Waals surface area contributed by atoms with Crippen molar-refractivity contribution in [3.63, 3.8) is 0 Å². The first-order chi connectivity index (χ1) is 8.79. The van der Waals surface area contributed by atoms with Crippen molar-refractivity contribution < 1.29 is 17.2 Å². The molecule has 1 heterocycles. The molecule has 0 bridgehead atoms. The van der Waals surface area contributed by atoms with Crippen LogP contribution in [0, 0.1) is 11.6 Å². The standard InChI is InChI=1S/C9H6BrF2N3O2S2/c10-8-3-14-9(18-8)15-19(16,17)7-2-6(13)4(11)1-5(7)12/h1-3H,13H2,(H,14,15). The van der Waals surface area contributed by atoms with Gasteiger partial charge in [-0.1, -0.05) is 11.3 Å². The van der Waals surface area contributed by atoms with Crippen LogP contribution in [0.5, 0.6) is 0 Å². The molecular formula is C9H6BrF2N3O2S2. The van der Waals surface area contributed by atoms with Crippen LogP contribution in [-0.2, 0) is 10.0 Å². The molecule has 19 heavy (non-hydrogen) atoms. The Hall–Kier alpha value is -1.26. The van der Waals surface area contributed by atoms with Crippen LogP contribution in [0.4, 0.5) is 19.6 Å². The van der Waals surface area contributed by atoms with E-state index in [2.05, 4.69) is 25.6 Å². The fourth-order valence-corrected chi connectivity index (χ4v) is 3.67. The number of rotatable bonds is 3. The third-order valence-electron chi connectivity index (χ3n) is 2.04. The smallest absolute Gasteiger partial charge is 0.266 e. The van der Waals surface area contributed by atoms with Gasteiger partial charge in [0, 0.05) is 6.07 Å². The molecule has 0 fully saturated rings. The van der Waals surface area contributed by atoms with Crippen molar-refractivity contribution in [2.75, 3.05) is 10.5 Å². The zero-order valence-corrected chi connectivity index (χ0v) is 12.2. The monoisotopic (exact) mass is 369 g/mol. The van der Waals surface area contributed by atoms with Crippen molar-refractivity contribution >= 4 is 48.1 Å². The van der Waals surface area contributed by atoms with Crippen molar-refractivity contribution in [1.29, 1.82) is 0 Å². The van der Waals surface area contributed by atoms with E-state index in [9.17, 15) is 17.2 Å². The fourth-order valence-electron chi connectivity index (χ4n) is 1.22. The van der Waals surface area contributed by atoms with Gasteiger partial charge in [-0.05, 0) is 22.0 Å². The molecule has 0 amide bonds. The molecule has 3 N–H and O–H groups in total. The number of thiazole rings is 1. The number of halogens is 3. The summed E-state index contributed by atoms with van der Waals surface area (Å²) in [5.74, 6) is -2.25. The number of nitrogens with two attached hydrogens (primary N) is 1. The summed E-state index contributed by atoms with van der Waals surface area (Å²) >= 11 is 4.12. The van der Waals surface area contributed by atoms with Crippen molar-refractivity contribution in [2.45, 2.75) is 4.90 Å². The van der Waals surface area contributed by atoms with Crippen LogP contribution in [0.25, 0.3) is 0 Å². The molecule has 0 aliphatic heterocycles. The molecule has 0 unspecified atom stereocenters. The van der Waals surface area contributed by atoms with E-state index in [-0.39, 0.29) is 5.13 Å². The lowest BCUT2D eigenvalue weighted by molar-refractivity contribution is 0.553. The number of hydrogen-bond acceptors (Lipinski definition) is 5. The summed E-state index contributed by atoms with van der Waals surface area (Å²) in [5.41, 5.74) is 4.77. The molecular weight excluding hydrogens is 364 g/mol. The molecule has 0 aliphatic rings. The summed E-state index contributed by atoms with van der Waals surface area (Å²) < 4.78 is 53.0. The second-order valence-corrected chi connectivity index (χ2v) is 7.44. The Bertz CT molecular complexity index is 733. The van der Waals surface area contributed by atoms with E-state index < -0.39 is 32.2 Å². The van der Waals surface area contributed by atoms with Crippen molar-refractivity contribution in [3.05, 3.63) is 33.8 Å². The summed E-state index contributed by atoms with van der Waals surface area (Å²) in [5, 5.41) is 0.0502. The van der Waals surface area contributed by atoms with E-state index in [4.69, 9.17) is 5.73 Å². The number of nitrogen functional groups attached to an aromatic ring is 1. The number of hydrogen-bond donors (Lipinski definition) is 2. The number of nitrogens with zero attached hydrogens (tertiary/aromatic N) is 1. The zero-order valence-electron chi connectivity index (χ0n) is 9.02. The Morgan fingerprint density at radius 3 is 2.58 bits per heavy atom. The maximum absolute atomic E-state index is 13.5. The quantitative estimate of drug-likeness (QED) is 0.814. The van der Waals surface area contributed by atoms with E-state index in [0.717, 1.165) is 17.4 Å². The lowest BCUT2D eigenvalue weighted by Gasteiger charge is -2.07. The van der Waals surface area contributed by atoms with Gasteiger partial charge in [-0.15, -0.1) is 0 Å². The highest BCUT2D eigenvalue weighted by molar-refractivity contribution is 9.11. The van der Waals surface area contributed by atoms with E-state index in [1.54, 1.807) is 0 Å². The number of benzene rings is 1. The van der Waals surface area contributed by atoms with E-state index in [1.807, 2.05) is 0 Å². The third kappa shape index (κ3) is 3.01. The number of anilines is 2.